The Labute approximate surface area is 100 Å². The third-order valence-corrected chi connectivity index (χ3v) is 2.72. The van der Waals surface area contributed by atoms with Gasteiger partial charge in [0.2, 0.25) is 0 Å². The molecule has 1 aliphatic rings. The van der Waals surface area contributed by atoms with E-state index in [0.29, 0.717) is 6.61 Å². The van der Waals surface area contributed by atoms with Crippen molar-refractivity contribution >= 4 is 11.7 Å². The van der Waals surface area contributed by atoms with Crippen molar-refractivity contribution in [3.8, 4) is 0 Å². The molecule has 0 spiro atoms. The van der Waals surface area contributed by atoms with E-state index in [0.717, 1.165) is 16.8 Å². The normalized spacial score (nSPS) is 15.8. The molecule has 17 heavy (non-hydrogen) atoms. The van der Waals surface area contributed by atoms with Gasteiger partial charge in [0.15, 0.2) is 0 Å². The molecule has 6 heteroatoms. The lowest BCUT2D eigenvalue weighted by atomic mass is 10.1. The van der Waals surface area contributed by atoms with E-state index in [1.807, 2.05) is 25.1 Å². The van der Waals surface area contributed by atoms with E-state index in [-0.39, 0.29) is 6.03 Å². The number of anilines is 1. The van der Waals surface area contributed by atoms with E-state index < -0.39 is 0 Å². The highest BCUT2D eigenvalue weighted by Gasteiger charge is 2.28. The van der Waals surface area contributed by atoms with Gasteiger partial charge in [-0.05, 0) is 18.6 Å². The number of hydrazine groups is 3. The van der Waals surface area contributed by atoms with E-state index in [1.54, 1.807) is 14.2 Å². The zero-order chi connectivity index (χ0) is 12.4. The standard InChI is InChI=1S/C11H16N4O2/c1-8-5-4-6-10(9(8)7-17-3)15-11(16)14(2)12-13-15/h4-6,12-13H,7H2,1-3H3. The maximum absolute atomic E-state index is 11.9. The van der Waals surface area contributed by atoms with E-state index in [4.69, 9.17) is 4.74 Å². The number of nitrogens with one attached hydrogen (secondary N) is 2. The van der Waals surface area contributed by atoms with Crippen molar-refractivity contribution in [2.75, 3.05) is 19.2 Å². The molecule has 0 bridgehead atoms. The summed E-state index contributed by atoms with van der Waals surface area (Å²) < 4.78 is 5.17. The molecule has 1 saturated heterocycles. The van der Waals surface area contributed by atoms with Gasteiger partial charge in [0.25, 0.3) is 0 Å². The van der Waals surface area contributed by atoms with Gasteiger partial charge in [-0.3, -0.25) is 0 Å². The quantitative estimate of drug-likeness (QED) is 0.820. The molecule has 0 aliphatic carbocycles. The third-order valence-electron chi connectivity index (χ3n) is 2.72. The number of urea groups is 1. The first kappa shape index (κ1) is 11.8. The van der Waals surface area contributed by atoms with Crippen molar-refractivity contribution in [3.63, 3.8) is 0 Å². The van der Waals surface area contributed by atoms with Crippen LogP contribution in [-0.4, -0.2) is 25.2 Å². The number of amides is 2. The maximum Gasteiger partial charge on any atom is 0.355 e. The van der Waals surface area contributed by atoms with Crippen molar-refractivity contribution in [2.24, 2.45) is 0 Å². The van der Waals surface area contributed by atoms with Crippen LogP contribution in [0.1, 0.15) is 11.1 Å². The molecule has 1 aromatic rings. The number of nitrogens with zero attached hydrogens (tertiary/aromatic N) is 2. The van der Waals surface area contributed by atoms with Crippen LogP contribution in [0.3, 0.4) is 0 Å². The van der Waals surface area contributed by atoms with E-state index in [9.17, 15) is 4.79 Å². The van der Waals surface area contributed by atoms with Gasteiger partial charge in [-0.1, -0.05) is 12.1 Å². The lowest BCUT2D eigenvalue weighted by molar-refractivity contribution is 0.184. The number of hydrogen-bond donors (Lipinski definition) is 2. The highest BCUT2D eigenvalue weighted by molar-refractivity contribution is 5.92. The van der Waals surface area contributed by atoms with Crippen molar-refractivity contribution in [1.82, 2.24) is 16.1 Å². The van der Waals surface area contributed by atoms with Crippen LogP contribution in [0.5, 0.6) is 0 Å². The monoisotopic (exact) mass is 236 g/mol. The molecule has 0 unspecified atom stereocenters. The van der Waals surface area contributed by atoms with Crippen LogP contribution in [0.2, 0.25) is 0 Å². The highest BCUT2D eigenvalue weighted by atomic mass is 16.5. The van der Waals surface area contributed by atoms with Crippen LogP contribution in [0, 0.1) is 6.92 Å². The number of methoxy groups -OCH3 is 1. The van der Waals surface area contributed by atoms with Crippen LogP contribution in [0.15, 0.2) is 18.2 Å². The Morgan fingerprint density at radius 1 is 1.35 bits per heavy atom. The zero-order valence-corrected chi connectivity index (χ0v) is 10.2. The summed E-state index contributed by atoms with van der Waals surface area (Å²) in [6.07, 6.45) is 0. The Morgan fingerprint density at radius 3 is 2.71 bits per heavy atom. The van der Waals surface area contributed by atoms with Crippen molar-refractivity contribution in [3.05, 3.63) is 29.3 Å². The molecular weight excluding hydrogens is 220 g/mol. The zero-order valence-electron chi connectivity index (χ0n) is 10.2. The van der Waals surface area contributed by atoms with Crippen molar-refractivity contribution in [1.29, 1.82) is 0 Å². The number of benzene rings is 1. The first-order valence-corrected chi connectivity index (χ1v) is 5.31. The third kappa shape index (κ3) is 2.10. The summed E-state index contributed by atoms with van der Waals surface area (Å²) in [7, 11) is 3.29. The summed E-state index contributed by atoms with van der Waals surface area (Å²) in [6.45, 7) is 2.47. The molecule has 1 heterocycles. The molecule has 0 aromatic heterocycles. The molecule has 0 atom stereocenters. The molecule has 0 saturated carbocycles. The molecule has 2 N–H and O–H groups in total. The summed E-state index contributed by atoms with van der Waals surface area (Å²) >= 11 is 0. The van der Waals surface area contributed by atoms with Crippen molar-refractivity contribution in [2.45, 2.75) is 13.5 Å². The Balaban J connectivity index is 2.38. The van der Waals surface area contributed by atoms with Gasteiger partial charge < -0.3 is 4.74 Å². The Morgan fingerprint density at radius 2 is 2.12 bits per heavy atom. The van der Waals surface area contributed by atoms with Gasteiger partial charge in [-0.15, -0.1) is 11.1 Å². The maximum atomic E-state index is 11.9. The minimum atomic E-state index is -0.159. The predicted molar refractivity (Wildman–Crippen MR) is 63.8 cm³/mol. The molecule has 1 fully saturated rings. The minimum Gasteiger partial charge on any atom is -0.380 e. The second-order valence-corrected chi connectivity index (χ2v) is 3.91. The number of rotatable bonds is 3. The van der Waals surface area contributed by atoms with Crippen LogP contribution in [0.4, 0.5) is 10.5 Å². The van der Waals surface area contributed by atoms with Crippen LogP contribution < -0.4 is 16.1 Å². The molecule has 1 aliphatic heterocycles. The van der Waals surface area contributed by atoms with Crippen molar-refractivity contribution < 1.29 is 9.53 Å². The molecule has 92 valence electrons. The lowest BCUT2D eigenvalue weighted by Gasteiger charge is -2.19. The smallest absolute Gasteiger partial charge is 0.355 e. The van der Waals surface area contributed by atoms with Gasteiger partial charge in [-0.25, -0.2) is 14.8 Å². The van der Waals surface area contributed by atoms with Gasteiger partial charge in [0.1, 0.15) is 0 Å². The summed E-state index contributed by atoms with van der Waals surface area (Å²) in [5, 5.41) is 2.83. The first-order valence-electron chi connectivity index (χ1n) is 5.31. The largest absolute Gasteiger partial charge is 0.380 e. The summed E-state index contributed by atoms with van der Waals surface area (Å²) in [6, 6.07) is 5.63. The minimum absolute atomic E-state index is 0.159. The number of hydrogen-bond acceptors (Lipinski definition) is 4. The van der Waals surface area contributed by atoms with Gasteiger partial charge in [0.05, 0.1) is 12.3 Å². The van der Waals surface area contributed by atoms with E-state index in [2.05, 4.69) is 11.1 Å². The van der Waals surface area contributed by atoms with Gasteiger partial charge in [-0.2, -0.15) is 0 Å². The summed E-state index contributed by atoms with van der Waals surface area (Å²) in [5.41, 5.74) is 8.41. The predicted octanol–water partition coefficient (Wildman–Crippen LogP) is 0.937. The summed E-state index contributed by atoms with van der Waals surface area (Å²) in [4.78, 5) is 11.9. The molecule has 2 amide bonds. The number of carbonyl (C=O) groups excluding carboxylic acids is 1. The van der Waals surface area contributed by atoms with Crippen LogP contribution >= 0.6 is 0 Å². The fourth-order valence-electron chi connectivity index (χ4n) is 1.76. The highest BCUT2D eigenvalue weighted by Crippen LogP contribution is 2.24. The van der Waals surface area contributed by atoms with Gasteiger partial charge in [0, 0.05) is 19.7 Å². The van der Waals surface area contributed by atoms with E-state index in [1.165, 1.54) is 10.0 Å². The fourth-order valence-corrected chi connectivity index (χ4v) is 1.76. The van der Waals surface area contributed by atoms with Crippen LogP contribution in [-0.2, 0) is 11.3 Å². The molecule has 6 nitrogen and oxygen atoms in total. The second kappa shape index (κ2) is 4.70. The average Bonchev–Trinajstić information content (AvgIpc) is 2.63. The number of carbonyl (C=O) groups is 1. The topological polar surface area (TPSA) is 56.8 Å². The molecule has 2 rings (SSSR count). The molecule has 1 aromatic carbocycles. The number of aryl methyl sites for hydroxylation is 1. The first-order chi connectivity index (χ1) is 8.15. The average molecular weight is 236 g/mol. The summed E-state index contributed by atoms with van der Waals surface area (Å²) in [5.74, 6) is 0. The molecular formula is C11H16N4O2. The molecule has 0 radical (unpaired) electrons. The Hall–Kier alpha value is -1.63. The lowest BCUT2D eigenvalue weighted by Crippen LogP contribution is -2.38. The number of ether oxygens (including phenoxy) is 1. The van der Waals surface area contributed by atoms with Crippen LogP contribution in [0.25, 0.3) is 0 Å². The Kier molecular flexibility index (Phi) is 3.28. The SMILES string of the molecule is COCc1c(C)cccc1N1NNN(C)C1=O. The Bertz CT molecular complexity index is 435. The fraction of sp³-hybridized carbons (Fsp3) is 0.364. The second-order valence-electron chi connectivity index (χ2n) is 3.91. The van der Waals surface area contributed by atoms with E-state index >= 15 is 0 Å². The van der Waals surface area contributed by atoms with Gasteiger partial charge >= 0.3 is 6.03 Å².